The number of nitrogens with zero attached hydrogens (tertiary/aromatic N) is 2. The van der Waals surface area contributed by atoms with Crippen LogP contribution in [0.1, 0.15) is 208 Å². The average Bonchev–Trinajstić information content (AvgIpc) is 3.68. The zero-order valence-corrected chi connectivity index (χ0v) is 42.4. The van der Waals surface area contributed by atoms with Gasteiger partial charge in [-0.1, -0.05) is 147 Å². The van der Waals surface area contributed by atoms with E-state index in [9.17, 15) is 9.59 Å². The van der Waals surface area contributed by atoms with Crippen LogP contribution in [0.5, 0.6) is 5.75 Å². The summed E-state index contributed by atoms with van der Waals surface area (Å²) in [7, 11) is 0. The lowest BCUT2D eigenvalue weighted by molar-refractivity contribution is -0.151. The normalized spacial score (nSPS) is 25.7. The van der Waals surface area contributed by atoms with E-state index in [1.807, 2.05) is 30.3 Å². The third kappa shape index (κ3) is 15.9. The molecule has 67 heavy (non-hydrogen) atoms. The number of benzene rings is 2. The Bertz CT molecular complexity index is 2010. The van der Waals surface area contributed by atoms with Gasteiger partial charge >= 0.3 is 11.9 Å². The topological polar surface area (TPSA) is 77.3 Å². The van der Waals surface area contributed by atoms with E-state index in [4.69, 9.17) is 9.47 Å². The Balaban J connectivity index is 0.728. The molecule has 3 fully saturated rings. The zero-order valence-electron chi connectivity index (χ0n) is 42.4. The number of esters is 2. The molecule has 4 aliphatic carbocycles. The molecule has 0 N–H and O–H groups in total. The Morgan fingerprint density at radius 1 is 0.657 bits per heavy atom. The highest BCUT2D eigenvalue weighted by molar-refractivity contribution is 5.72. The van der Waals surface area contributed by atoms with Crippen molar-refractivity contribution in [3.8, 4) is 29.4 Å². The standard InChI is InChI=1S/C61H86N2O4/c1-47(2)28-27-29-48(3)55-40-41-56-54-39-34-49-46-53(42-44-60(49,4)57(54)43-45-61(55,56)5)67-59(65)33-26-21-19-17-15-13-11-9-7-6-8-10-12-14-16-18-20-25-32-58(64)66-52-37-35-51(36-38-52)63-62-50-30-23-22-24-31-50/h22-24,30-31,34-38,47-48,53-57H,10-21,25-29,32-33,39-46H2,1-5H3/t48-,53?,54+,55-,56+,57+,60+,61-/m1/s1. The fourth-order valence-electron chi connectivity index (χ4n) is 13.0. The highest BCUT2D eigenvalue weighted by Gasteiger charge is 2.59. The molecule has 2 aromatic carbocycles. The number of fused-ring (bicyclic) bond motifs is 5. The predicted molar refractivity (Wildman–Crippen MR) is 275 cm³/mol. The molecule has 0 aromatic heterocycles. The SMILES string of the molecule is CC(C)CCC[C@@H](C)[C@H]1CC[C@H]2[C@@H]3CC=C4CC(OC(=O)CCCCCCCCC#CC#CCCCCCCCCC(=O)Oc5ccc(N=Nc6ccccc6)cc5)CC[C@]4(C)[C@H]3CC[C@]12C. The first-order chi connectivity index (χ1) is 32.5. The molecule has 8 atom stereocenters. The van der Waals surface area contributed by atoms with E-state index >= 15 is 0 Å². The second kappa shape index (κ2) is 27.1. The number of allylic oxidation sites excluding steroid dienone is 1. The molecule has 4 aliphatic rings. The molecule has 364 valence electrons. The predicted octanol–water partition coefficient (Wildman–Crippen LogP) is 17.2. The molecule has 0 bridgehead atoms. The largest absolute Gasteiger partial charge is 0.462 e. The van der Waals surface area contributed by atoms with Crippen molar-refractivity contribution in [1.29, 1.82) is 0 Å². The second-order valence-electron chi connectivity index (χ2n) is 22.0. The summed E-state index contributed by atoms with van der Waals surface area (Å²) in [5, 5.41) is 8.43. The summed E-state index contributed by atoms with van der Waals surface area (Å²) in [4.78, 5) is 25.2. The van der Waals surface area contributed by atoms with Crippen molar-refractivity contribution in [2.45, 2.75) is 214 Å². The fraction of sp³-hybridized carbons (Fsp3) is 0.672. The van der Waals surface area contributed by atoms with E-state index < -0.39 is 0 Å². The van der Waals surface area contributed by atoms with Crippen LogP contribution in [0.2, 0.25) is 0 Å². The maximum Gasteiger partial charge on any atom is 0.311 e. The molecule has 2 aromatic rings. The van der Waals surface area contributed by atoms with Gasteiger partial charge in [-0.05, 0) is 165 Å². The monoisotopic (exact) mass is 911 g/mol. The minimum atomic E-state index is -0.197. The maximum absolute atomic E-state index is 12.9. The number of ether oxygens (including phenoxy) is 2. The van der Waals surface area contributed by atoms with Crippen LogP contribution in [0.3, 0.4) is 0 Å². The number of hydrogen-bond acceptors (Lipinski definition) is 6. The summed E-state index contributed by atoms with van der Waals surface area (Å²) < 4.78 is 11.6. The molecule has 0 spiro atoms. The van der Waals surface area contributed by atoms with Gasteiger partial charge in [0.1, 0.15) is 11.9 Å². The molecule has 0 aliphatic heterocycles. The van der Waals surface area contributed by atoms with Crippen molar-refractivity contribution >= 4 is 23.3 Å². The Kier molecular flexibility index (Phi) is 21.2. The Hall–Kier alpha value is -4.16. The van der Waals surface area contributed by atoms with Gasteiger partial charge in [-0.15, -0.1) is 0 Å². The van der Waals surface area contributed by atoms with Crippen molar-refractivity contribution in [3.05, 3.63) is 66.2 Å². The first kappa shape index (κ1) is 52.2. The van der Waals surface area contributed by atoms with E-state index in [1.54, 1.807) is 29.8 Å². The minimum absolute atomic E-state index is 0.0164. The van der Waals surface area contributed by atoms with Gasteiger partial charge in [0.25, 0.3) is 0 Å². The van der Waals surface area contributed by atoms with Gasteiger partial charge in [0.2, 0.25) is 0 Å². The highest BCUT2D eigenvalue weighted by Crippen LogP contribution is 2.67. The van der Waals surface area contributed by atoms with E-state index in [0.717, 1.165) is 125 Å². The number of carbonyl (C=O) groups is 2. The molecule has 0 amide bonds. The second-order valence-corrected chi connectivity index (χ2v) is 22.0. The van der Waals surface area contributed by atoms with Gasteiger partial charge in [0, 0.05) is 32.1 Å². The first-order valence-electron chi connectivity index (χ1n) is 27.2. The number of unbranched alkanes of at least 4 members (excludes halogenated alkanes) is 12. The number of rotatable bonds is 25. The van der Waals surface area contributed by atoms with Crippen molar-refractivity contribution in [1.82, 2.24) is 0 Å². The molecule has 3 saturated carbocycles. The lowest BCUT2D eigenvalue weighted by Gasteiger charge is -2.58. The molecule has 0 heterocycles. The quantitative estimate of drug-likeness (QED) is 0.0248. The van der Waals surface area contributed by atoms with E-state index in [2.05, 4.69) is 74.6 Å². The van der Waals surface area contributed by atoms with Crippen LogP contribution in [-0.2, 0) is 14.3 Å². The minimum Gasteiger partial charge on any atom is -0.462 e. The van der Waals surface area contributed by atoms with Crippen LogP contribution < -0.4 is 4.74 Å². The van der Waals surface area contributed by atoms with Gasteiger partial charge in [0.05, 0.1) is 11.4 Å². The fourth-order valence-corrected chi connectivity index (χ4v) is 13.0. The van der Waals surface area contributed by atoms with Crippen molar-refractivity contribution in [2.24, 2.45) is 56.6 Å². The van der Waals surface area contributed by atoms with Crippen LogP contribution in [0.15, 0.2) is 76.5 Å². The molecular weight excluding hydrogens is 825 g/mol. The van der Waals surface area contributed by atoms with Gasteiger partial charge in [-0.3, -0.25) is 9.59 Å². The van der Waals surface area contributed by atoms with Crippen LogP contribution in [0, 0.1) is 70.0 Å². The lowest BCUT2D eigenvalue weighted by atomic mass is 9.47. The van der Waals surface area contributed by atoms with Crippen molar-refractivity contribution in [3.63, 3.8) is 0 Å². The molecule has 0 radical (unpaired) electrons. The molecule has 6 nitrogen and oxygen atoms in total. The number of carbonyl (C=O) groups excluding carboxylic acids is 2. The Morgan fingerprint density at radius 3 is 1.93 bits per heavy atom. The van der Waals surface area contributed by atoms with Crippen molar-refractivity contribution < 1.29 is 19.1 Å². The Labute approximate surface area is 407 Å². The van der Waals surface area contributed by atoms with Gasteiger partial charge in [-0.25, -0.2) is 0 Å². The third-order valence-corrected chi connectivity index (χ3v) is 16.8. The Morgan fingerprint density at radius 2 is 1.27 bits per heavy atom. The number of hydrogen-bond donors (Lipinski definition) is 0. The van der Waals surface area contributed by atoms with Crippen LogP contribution in [0.4, 0.5) is 11.4 Å². The van der Waals surface area contributed by atoms with E-state index in [-0.39, 0.29) is 18.0 Å². The maximum atomic E-state index is 12.9. The molecular formula is C61H86N2O4. The highest BCUT2D eigenvalue weighted by atomic mass is 16.5. The van der Waals surface area contributed by atoms with Crippen LogP contribution in [0.25, 0.3) is 0 Å². The van der Waals surface area contributed by atoms with E-state index in [0.29, 0.717) is 35.1 Å². The summed E-state index contributed by atoms with van der Waals surface area (Å²) in [6, 6.07) is 16.7. The average molecular weight is 911 g/mol. The summed E-state index contributed by atoms with van der Waals surface area (Å²) in [5.74, 6) is 18.0. The molecule has 6 heteroatoms. The summed E-state index contributed by atoms with van der Waals surface area (Å²) in [6.45, 7) is 12.6. The van der Waals surface area contributed by atoms with E-state index in [1.165, 1.54) is 77.0 Å². The van der Waals surface area contributed by atoms with Gasteiger partial charge in [0.15, 0.2) is 0 Å². The molecule has 6 rings (SSSR count). The van der Waals surface area contributed by atoms with Crippen LogP contribution >= 0.6 is 0 Å². The van der Waals surface area contributed by atoms with Gasteiger partial charge < -0.3 is 9.47 Å². The third-order valence-electron chi connectivity index (χ3n) is 16.8. The van der Waals surface area contributed by atoms with Crippen molar-refractivity contribution in [2.75, 3.05) is 0 Å². The summed E-state index contributed by atoms with van der Waals surface area (Å²) in [5.41, 5.74) is 3.95. The smallest absolute Gasteiger partial charge is 0.311 e. The number of azo groups is 1. The van der Waals surface area contributed by atoms with Crippen LogP contribution in [-0.4, -0.2) is 18.0 Å². The summed E-state index contributed by atoms with van der Waals surface area (Å²) in [6.07, 6.45) is 32.9. The van der Waals surface area contributed by atoms with Gasteiger partial charge in [-0.2, -0.15) is 10.2 Å². The lowest BCUT2D eigenvalue weighted by Crippen LogP contribution is -2.51. The molecule has 1 unspecified atom stereocenters. The summed E-state index contributed by atoms with van der Waals surface area (Å²) >= 11 is 0. The zero-order chi connectivity index (χ0) is 47.3. The molecule has 0 saturated heterocycles. The first-order valence-corrected chi connectivity index (χ1v) is 27.2.